The van der Waals surface area contributed by atoms with Crippen molar-refractivity contribution in [1.82, 2.24) is 4.90 Å². The van der Waals surface area contributed by atoms with Crippen LogP contribution in [0, 0.1) is 0 Å². The Morgan fingerprint density at radius 2 is 1.87 bits per heavy atom. The number of hydrogen-bond donors (Lipinski definition) is 1. The Hall–Kier alpha value is -2.05. The maximum absolute atomic E-state index is 11.8. The Balaban J connectivity index is 2.70. The maximum atomic E-state index is 11.8. The first kappa shape index (κ1) is 17.3. The van der Waals surface area contributed by atoms with Gasteiger partial charge < -0.3 is 14.7 Å². The number of aromatic hydroxyl groups is 1. The summed E-state index contributed by atoms with van der Waals surface area (Å²) in [6, 6.07) is 10.1. The number of ether oxygens (including phenoxy) is 1. The second-order valence-corrected chi connectivity index (χ2v) is 7.70. The molecular weight excluding hydrogens is 314 g/mol. The van der Waals surface area contributed by atoms with Gasteiger partial charge in [0, 0.05) is 18.4 Å². The second-order valence-electron chi connectivity index (χ2n) is 5.69. The summed E-state index contributed by atoms with van der Waals surface area (Å²) >= 11 is 0. The van der Waals surface area contributed by atoms with Crippen molar-refractivity contribution in [3.63, 3.8) is 0 Å². The molecular formula is C17H21NO4S. The number of hydrogen-bond acceptors (Lipinski definition) is 5. The number of methoxy groups -OCH3 is 1. The highest BCUT2D eigenvalue weighted by atomic mass is 32.2. The van der Waals surface area contributed by atoms with E-state index >= 15 is 0 Å². The summed E-state index contributed by atoms with van der Waals surface area (Å²) in [5.74, 6) is 0.366. The van der Waals surface area contributed by atoms with Gasteiger partial charge in [-0.2, -0.15) is 0 Å². The van der Waals surface area contributed by atoms with E-state index in [1.807, 2.05) is 25.1 Å². The molecule has 0 radical (unpaired) electrons. The van der Waals surface area contributed by atoms with Crippen LogP contribution in [0.3, 0.4) is 0 Å². The first-order valence-electron chi connectivity index (χ1n) is 7.08. The molecule has 0 aromatic heterocycles. The number of sulfone groups is 1. The Labute approximate surface area is 137 Å². The Kier molecular flexibility index (Phi) is 4.97. The number of rotatable bonds is 5. The van der Waals surface area contributed by atoms with Crippen LogP contribution in [0.5, 0.6) is 11.5 Å². The molecule has 2 aromatic carbocycles. The lowest BCUT2D eigenvalue weighted by atomic mass is 9.97. The highest BCUT2D eigenvalue weighted by molar-refractivity contribution is 7.90. The third kappa shape index (κ3) is 3.83. The molecule has 0 aliphatic heterocycles. The fourth-order valence-electron chi connectivity index (χ4n) is 2.46. The van der Waals surface area contributed by atoms with Gasteiger partial charge in [0.1, 0.15) is 0 Å². The molecule has 1 N–H and O–H groups in total. The minimum absolute atomic E-state index is 0.0116. The third-order valence-electron chi connectivity index (χ3n) is 3.48. The zero-order chi connectivity index (χ0) is 17.2. The SMILES string of the molecule is COc1ccc(CN(C)C)c(-c2cccc(S(C)(=O)=O)c2)c1O. The van der Waals surface area contributed by atoms with Gasteiger partial charge in [0.05, 0.1) is 12.0 Å². The van der Waals surface area contributed by atoms with Gasteiger partial charge >= 0.3 is 0 Å². The molecule has 0 aliphatic rings. The molecule has 5 nitrogen and oxygen atoms in total. The monoisotopic (exact) mass is 335 g/mol. The highest BCUT2D eigenvalue weighted by Gasteiger charge is 2.17. The number of benzene rings is 2. The van der Waals surface area contributed by atoms with E-state index in [-0.39, 0.29) is 10.6 Å². The van der Waals surface area contributed by atoms with Crippen LogP contribution in [0.15, 0.2) is 41.3 Å². The molecule has 2 rings (SSSR count). The van der Waals surface area contributed by atoms with E-state index in [2.05, 4.69) is 0 Å². The van der Waals surface area contributed by atoms with Gasteiger partial charge in [0.15, 0.2) is 21.3 Å². The normalized spacial score (nSPS) is 11.7. The fourth-order valence-corrected chi connectivity index (χ4v) is 3.12. The minimum Gasteiger partial charge on any atom is -0.504 e. The third-order valence-corrected chi connectivity index (χ3v) is 4.59. The maximum Gasteiger partial charge on any atom is 0.175 e. The summed E-state index contributed by atoms with van der Waals surface area (Å²) in [5, 5.41) is 10.5. The average molecular weight is 335 g/mol. The molecule has 0 saturated carbocycles. The molecule has 0 aliphatic carbocycles. The Bertz CT molecular complexity index is 813. The predicted molar refractivity (Wildman–Crippen MR) is 90.6 cm³/mol. The summed E-state index contributed by atoms with van der Waals surface area (Å²) in [6.07, 6.45) is 1.16. The van der Waals surface area contributed by atoms with E-state index in [9.17, 15) is 13.5 Å². The van der Waals surface area contributed by atoms with Gasteiger partial charge in [0.25, 0.3) is 0 Å². The van der Waals surface area contributed by atoms with Gasteiger partial charge in [-0.3, -0.25) is 0 Å². The molecule has 23 heavy (non-hydrogen) atoms. The largest absolute Gasteiger partial charge is 0.504 e. The molecule has 2 aromatic rings. The van der Waals surface area contributed by atoms with Crippen LogP contribution in [0.1, 0.15) is 5.56 Å². The van der Waals surface area contributed by atoms with Crippen LogP contribution in [0.4, 0.5) is 0 Å². The van der Waals surface area contributed by atoms with E-state index in [0.29, 0.717) is 23.4 Å². The van der Waals surface area contributed by atoms with Crippen LogP contribution in [-0.2, 0) is 16.4 Å². The van der Waals surface area contributed by atoms with Crippen LogP contribution in [-0.4, -0.2) is 45.9 Å². The minimum atomic E-state index is -3.32. The number of nitrogens with zero attached hydrogens (tertiary/aromatic N) is 1. The van der Waals surface area contributed by atoms with Gasteiger partial charge in [-0.05, 0) is 43.4 Å². The van der Waals surface area contributed by atoms with Crippen LogP contribution in [0.2, 0.25) is 0 Å². The smallest absolute Gasteiger partial charge is 0.175 e. The number of phenolic OH excluding ortho intramolecular Hbond substituents is 1. The fraction of sp³-hybridized carbons (Fsp3) is 0.294. The lowest BCUT2D eigenvalue weighted by Crippen LogP contribution is -2.11. The quantitative estimate of drug-likeness (QED) is 0.909. The standard InChI is InChI=1S/C17H21NO4S/c1-18(2)11-13-8-9-15(22-3)17(19)16(13)12-6-5-7-14(10-12)23(4,20)21/h5-10,19H,11H2,1-4H3. The van der Waals surface area contributed by atoms with Crippen molar-refractivity contribution in [2.45, 2.75) is 11.4 Å². The van der Waals surface area contributed by atoms with Crippen LogP contribution < -0.4 is 4.74 Å². The van der Waals surface area contributed by atoms with Crippen molar-refractivity contribution in [1.29, 1.82) is 0 Å². The van der Waals surface area contributed by atoms with E-state index < -0.39 is 9.84 Å². The first-order valence-corrected chi connectivity index (χ1v) is 8.97. The molecule has 0 bridgehead atoms. The zero-order valence-corrected chi connectivity index (χ0v) is 14.5. The topological polar surface area (TPSA) is 66.8 Å². The summed E-state index contributed by atoms with van der Waals surface area (Å²) in [5.41, 5.74) is 2.11. The molecule has 0 fully saturated rings. The van der Waals surface area contributed by atoms with Crippen molar-refractivity contribution in [2.24, 2.45) is 0 Å². The number of phenols is 1. The van der Waals surface area contributed by atoms with E-state index in [1.54, 1.807) is 30.3 Å². The first-order chi connectivity index (χ1) is 10.7. The molecule has 0 atom stereocenters. The lowest BCUT2D eigenvalue weighted by Gasteiger charge is -2.18. The van der Waals surface area contributed by atoms with Crippen LogP contribution in [0.25, 0.3) is 11.1 Å². The van der Waals surface area contributed by atoms with Crippen molar-refractivity contribution in [3.8, 4) is 22.6 Å². The van der Waals surface area contributed by atoms with Gasteiger partial charge in [-0.15, -0.1) is 0 Å². The highest BCUT2D eigenvalue weighted by Crippen LogP contribution is 2.40. The van der Waals surface area contributed by atoms with E-state index in [1.165, 1.54) is 7.11 Å². The van der Waals surface area contributed by atoms with Gasteiger partial charge in [-0.1, -0.05) is 18.2 Å². The molecule has 0 spiro atoms. The zero-order valence-electron chi connectivity index (χ0n) is 13.7. The molecule has 0 saturated heterocycles. The van der Waals surface area contributed by atoms with E-state index in [4.69, 9.17) is 4.74 Å². The van der Waals surface area contributed by atoms with Crippen molar-refractivity contribution >= 4 is 9.84 Å². The molecule has 0 amide bonds. The molecule has 124 valence electrons. The second kappa shape index (κ2) is 6.60. The van der Waals surface area contributed by atoms with E-state index in [0.717, 1.165) is 11.8 Å². The summed E-state index contributed by atoms with van der Waals surface area (Å²) < 4.78 is 28.8. The van der Waals surface area contributed by atoms with Crippen molar-refractivity contribution in [3.05, 3.63) is 42.0 Å². The molecule has 0 heterocycles. The summed E-state index contributed by atoms with van der Waals surface area (Å²) in [4.78, 5) is 2.19. The predicted octanol–water partition coefficient (Wildman–Crippen LogP) is 2.53. The Morgan fingerprint density at radius 3 is 2.43 bits per heavy atom. The van der Waals surface area contributed by atoms with Gasteiger partial charge in [-0.25, -0.2) is 8.42 Å². The summed E-state index contributed by atoms with van der Waals surface area (Å²) in [7, 11) is 2.02. The van der Waals surface area contributed by atoms with Crippen LogP contribution >= 0.6 is 0 Å². The molecule has 0 unspecified atom stereocenters. The molecule has 6 heteroatoms. The summed E-state index contributed by atoms with van der Waals surface area (Å²) in [6.45, 7) is 0.607. The average Bonchev–Trinajstić information content (AvgIpc) is 2.46. The Morgan fingerprint density at radius 1 is 1.17 bits per heavy atom. The lowest BCUT2D eigenvalue weighted by molar-refractivity contribution is 0.371. The van der Waals surface area contributed by atoms with Gasteiger partial charge in [0.2, 0.25) is 0 Å². The van der Waals surface area contributed by atoms with Crippen molar-refractivity contribution in [2.75, 3.05) is 27.5 Å². The van der Waals surface area contributed by atoms with Crippen molar-refractivity contribution < 1.29 is 18.3 Å².